The molecule has 1 aromatic heterocycles. The Morgan fingerprint density at radius 3 is 2.85 bits per heavy atom. The molecular formula is C17H21N5O4. The number of hydrogen-bond donors (Lipinski definition) is 3. The Bertz CT molecular complexity index is 847. The van der Waals surface area contributed by atoms with Crippen molar-refractivity contribution in [1.82, 2.24) is 15.3 Å². The van der Waals surface area contributed by atoms with Gasteiger partial charge in [0.25, 0.3) is 11.5 Å². The van der Waals surface area contributed by atoms with E-state index in [4.69, 9.17) is 9.47 Å². The van der Waals surface area contributed by atoms with Gasteiger partial charge in [-0.2, -0.15) is 5.10 Å². The zero-order valence-electron chi connectivity index (χ0n) is 14.8. The highest BCUT2D eigenvalue weighted by molar-refractivity contribution is 5.81. The Kier molecular flexibility index (Phi) is 6.72. The second kappa shape index (κ2) is 9.21. The average molecular weight is 359 g/mol. The molecule has 0 aliphatic rings. The number of likely N-dealkylation sites (N-methyl/N-ethyl adjacent to an activating group) is 1. The molecule has 0 aliphatic carbocycles. The van der Waals surface area contributed by atoms with Crippen molar-refractivity contribution in [1.29, 1.82) is 0 Å². The Balaban J connectivity index is 2.03. The van der Waals surface area contributed by atoms with E-state index in [0.717, 1.165) is 5.56 Å². The van der Waals surface area contributed by atoms with Crippen LogP contribution in [0.1, 0.15) is 18.2 Å². The maximum atomic E-state index is 11.5. The molecule has 0 aliphatic heterocycles. The molecule has 1 aromatic carbocycles. The highest BCUT2D eigenvalue weighted by Crippen LogP contribution is 2.27. The maximum Gasteiger partial charge on any atom is 0.257 e. The number of aromatic nitrogens is 2. The topological polar surface area (TPSA) is 118 Å². The van der Waals surface area contributed by atoms with E-state index in [1.54, 1.807) is 31.3 Å². The standard InChI is InChI=1S/C17H21N5O4/c1-4-18-16(24)10-26-13-6-5-12(8-14(13)25-3)9-19-22-17-20-11(2)7-15(23)21-17/h5-9H,4,10H2,1-3H3,(H,18,24)(H2,20,21,22,23)/b19-9-. The van der Waals surface area contributed by atoms with Gasteiger partial charge in [-0.05, 0) is 37.6 Å². The van der Waals surface area contributed by atoms with Crippen LogP contribution in [0.2, 0.25) is 0 Å². The monoisotopic (exact) mass is 359 g/mol. The first-order chi connectivity index (χ1) is 12.5. The zero-order chi connectivity index (χ0) is 18.9. The predicted octanol–water partition coefficient (Wildman–Crippen LogP) is 1.05. The van der Waals surface area contributed by atoms with Crippen LogP contribution in [0.5, 0.6) is 11.5 Å². The summed E-state index contributed by atoms with van der Waals surface area (Å²) in [6.45, 7) is 4.01. The van der Waals surface area contributed by atoms with Crippen LogP contribution in [0.25, 0.3) is 0 Å². The fraction of sp³-hybridized carbons (Fsp3) is 0.294. The molecular weight excluding hydrogens is 338 g/mol. The van der Waals surface area contributed by atoms with Gasteiger partial charge in [0.05, 0.1) is 13.3 Å². The lowest BCUT2D eigenvalue weighted by molar-refractivity contribution is -0.123. The Morgan fingerprint density at radius 2 is 2.15 bits per heavy atom. The number of carbonyl (C=O) groups excluding carboxylic acids is 1. The fourth-order valence-corrected chi connectivity index (χ4v) is 2.08. The van der Waals surface area contributed by atoms with Crippen LogP contribution < -0.4 is 25.8 Å². The first-order valence-electron chi connectivity index (χ1n) is 7.96. The van der Waals surface area contributed by atoms with Crippen molar-refractivity contribution in [3.8, 4) is 11.5 Å². The van der Waals surface area contributed by atoms with E-state index < -0.39 is 0 Å². The van der Waals surface area contributed by atoms with Crippen molar-refractivity contribution in [2.75, 3.05) is 25.7 Å². The van der Waals surface area contributed by atoms with Gasteiger partial charge in [-0.3, -0.25) is 14.6 Å². The average Bonchev–Trinajstić information content (AvgIpc) is 2.60. The van der Waals surface area contributed by atoms with E-state index in [-0.39, 0.29) is 24.0 Å². The number of benzene rings is 1. The van der Waals surface area contributed by atoms with Crippen molar-refractivity contribution in [2.45, 2.75) is 13.8 Å². The van der Waals surface area contributed by atoms with Crippen LogP contribution >= 0.6 is 0 Å². The second-order valence-electron chi connectivity index (χ2n) is 5.26. The van der Waals surface area contributed by atoms with Gasteiger partial charge in [0.2, 0.25) is 5.95 Å². The number of aromatic amines is 1. The third-order valence-electron chi connectivity index (χ3n) is 3.17. The van der Waals surface area contributed by atoms with E-state index in [1.165, 1.54) is 13.2 Å². The summed E-state index contributed by atoms with van der Waals surface area (Å²) < 4.78 is 10.7. The molecule has 2 aromatic rings. The summed E-state index contributed by atoms with van der Waals surface area (Å²) in [5.74, 6) is 0.970. The molecule has 0 unspecified atom stereocenters. The Morgan fingerprint density at radius 1 is 1.35 bits per heavy atom. The van der Waals surface area contributed by atoms with Crippen LogP contribution in [0.15, 0.2) is 34.2 Å². The van der Waals surface area contributed by atoms with Gasteiger partial charge in [-0.25, -0.2) is 10.4 Å². The number of amides is 1. The van der Waals surface area contributed by atoms with Crippen molar-refractivity contribution in [3.63, 3.8) is 0 Å². The molecule has 1 heterocycles. The SMILES string of the molecule is CCNC(=O)COc1ccc(/C=N\Nc2nc(C)cc(=O)[nH]2)cc1OC. The lowest BCUT2D eigenvalue weighted by Gasteiger charge is -2.11. The van der Waals surface area contributed by atoms with Gasteiger partial charge in [-0.15, -0.1) is 0 Å². The Hall–Kier alpha value is -3.36. The summed E-state index contributed by atoms with van der Waals surface area (Å²) in [5.41, 5.74) is 3.72. The largest absolute Gasteiger partial charge is 0.493 e. The van der Waals surface area contributed by atoms with E-state index in [0.29, 0.717) is 23.7 Å². The van der Waals surface area contributed by atoms with Gasteiger partial charge in [-0.1, -0.05) is 0 Å². The third kappa shape index (κ3) is 5.62. The molecule has 0 saturated heterocycles. The number of methoxy groups -OCH3 is 1. The minimum Gasteiger partial charge on any atom is -0.493 e. The number of aryl methyl sites for hydroxylation is 1. The van der Waals surface area contributed by atoms with Crippen LogP contribution in [-0.4, -0.2) is 42.4 Å². The molecule has 0 radical (unpaired) electrons. The highest BCUT2D eigenvalue weighted by Gasteiger charge is 2.07. The Labute approximate surface area is 150 Å². The van der Waals surface area contributed by atoms with E-state index in [2.05, 4.69) is 25.8 Å². The fourth-order valence-electron chi connectivity index (χ4n) is 2.08. The van der Waals surface area contributed by atoms with Crippen LogP contribution in [0.3, 0.4) is 0 Å². The lowest BCUT2D eigenvalue weighted by atomic mass is 10.2. The van der Waals surface area contributed by atoms with Crippen molar-refractivity contribution >= 4 is 18.1 Å². The van der Waals surface area contributed by atoms with Crippen LogP contribution in [0, 0.1) is 6.92 Å². The summed E-state index contributed by atoms with van der Waals surface area (Å²) in [4.78, 5) is 29.5. The summed E-state index contributed by atoms with van der Waals surface area (Å²) in [5, 5.41) is 6.68. The quantitative estimate of drug-likeness (QED) is 0.479. The number of nitrogens with one attached hydrogen (secondary N) is 3. The molecule has 9 nitrogen and oxygen atoms in total. The molecule has 3 N–H and O–H groups in total. The van der Waals surface area contributed by atoms with Gasteiger partial charge in [0.1, 0.15) is 0 Å². The molecule has 0 spiro atoms. The summed E-state index contributed by atoms with van der Waals surface area (Å²) in [6, 6.07) is 6.54. The molecule has 26 heavy (non-hydrogen) atoms. The first kappa shape index (κ1) is 19.0. The molecule has 1 amide bonds. The normalized spacial score (nSPS) is 10.6. The molecule has 0 atom stereocenters. The predicted molar refractivity (Wildman–Crippen MR) is 98.0 cm³/mol. The van der Waals surface area contributed by atoms with Crippen LogP contribution in [0.4, 0.5) is 5.95 Å². The molecule has 0 bridgehead atoms. The van der Waals surface area contributed by atoms with Crippen molar-refractivity contribution in [3.05, 3.63) is 45.9 Å². The number of carbonyl (C=O) groups is 1. The number of H-pyrrole nitrogens is 1. The number of ether oxygens (including phenoxy) is 2. The highest BCUT2D eigenvalue weighted by atomic mass is 16.5. The summed E-state index contributed by atoms with van der Waals surface area (Å²) >= 11 is 0. The molecule has 0 saturated carbocycles. The van der Waals surface area contributed by atoms with Crippen molar-refractivity contribution in [2.24, 2.45) is 5.10 Å². The molecule has 2 rings (SSSR count). The third-order valence-corrected chi connectivity index (χ3v) is 3.17. The number of hydrogen-bond acceptors (Lipinski definition) is 7. The smallest absolute Gasteiger partial charge is 0.257 e. The van der Waals surface area contributed by atoms with Gasteiger partial charge >= 0.3 is 0 Å². The van der Waals surface area contributed by atoms with E-state index in [9.17, 15) is 9.59 Å². The zero-order valence-corrected chi connectivity index (χ0v) is 14.8. The first-order valence-corrected chi connectivity index (χ1v) is 7.96. The summed E-state index contributed by atoms with van der Waals surface area (Å²) in [6.07, 6.45) is 1.54. The minimum atomic E-state index is -0.259. The number of nitrogens with zero attached hydrogens (tertiary/aromatic N) is 2. The number of anilines is 1. The molecule has 9 heteroatoms. The minimum absolute atomic E-state index is 0.0917. The van der Waals surface area contributed by atoms with E-state index in [1.807, 2.05) is 6.92 Å². The lowest BCUT2D eigenvalue weighted by Crippen LogP contribution is -2.28. The maximum absolute atomic E-state index is 11.5. The number of rotatable bonds is 8. The number of hydrazone groups is 1. The van der Waals surface area contributed by atoms with E-state index >= 15 is 0 Å². The van der Waals surface area contributed by atoms with Gasteiger partial charge < -0.3 is 14.8 Å². The molecule has 0 fully saturated rings. The summed E-state index contributed by atoms with van der Waals surface area (Å²) in [7, 11) is 1.51. The second-order valence-corrected chi connectivity index (χ2v) is 5.26. The van der Waals surface area contributed by atoms with Gasteiger partial charge in [0, 0.05) is 18.3 Å². The van der Waals surface area contributed by atoms with Crippen molar-refractivity contribution < 1.29 is 14.3 Å². The van der Waals surface area contributed by atoms with Crippen LogP contribution in [-0.2, 0) is 4.79 Å². The van der Waals surface area contributed by atoms with Gasteiger partial charge in [0.15, 0.2) is 18.1 Å². The molecule has 138 valence electrons.